The molecule has 1 aromatic rings. The van der Waals surface area contributed by atoms with Gasteiger partial charge in [0.2, 0.25) is 5.91 Å². The Balaban J connectivity index is 2.04. The quantitative estimate of drug-likeness (QED) is 0.558. The summed E-state index contributed by atoms with van der Waals surface area (Å²) in [6.45, 7) is 5.96. The van der Waals surface area contributed by atoms with Crippen molar-refractivity contribution in [1.82, 2.24) is 20.4 Å². The number of methoxy groups -OCH3 is 1. The van der Waals surface area contributed by atoms with E-state index >= 15 is 0 Å². The molecule has 0 aromatic heterocycles. The minimum Gasteiger partial charge on any atom is -0.383 e. The van der Waals surface area contributed by atoms with Gasteiger partial charge in [-0.25, -0.2) is 4.79 Å². The van der Waals surface area contributed by atoms with Crippen molar-refractivity contribution in [1.29, 1.82) is 0 Å². The summed E-state index contributed by atoms with van der Waals surface area (Å²) in [5.74, 6) is -1.25. The van der Waals surface area contributed by atoms with Crippen LogP contribution in [0.1, 0.15) is 37.9 Å². The van der Waals surface area contributed by atoms with Crippen molar-refractivity contribution in [3.8, 4) is 0 Å². The van der Waals surface area contributed by atoms with Crippen molar-refractivity contribution in [3.63, 3.8) is 0 Å². The fourth-order valence-electron chi connectivity index (χ4n) is 4.50. The summed E-state index contributed by atoms with van der Waals surface area (Å²) in [7, 11) is 1.50. The zero-order valence-electron chi connectivity index (χ0n) is 19.5. The number of hydrogen-bond donors (Lipinski definition) is 2. The number of urea groups is 1. The van der Waals surface area contributed by atoms with Crippen LogP contribution in [0.4, 0.5) is 18.0 Å². The first-order chi connectivity index (χ1) is 16.0. The molecule has 11 heteroatoms. The smallest absolute Gasteiger partial charge is 0.383 e. The molecule has 2 atom stereocenters. The second-order valence-corrected chi connectivity index (χ2v) is 8.48. The molecule has 3 rings (SSSR count). The highest BCUT2D eigenvalue weighted by Gasteiger charge is 2.49. The first-order valence-electron chi connectivity index (χ1n) is 11.1. The van der Waals surface area contributed by atoms with Crippen molar-refractivity contribution in [2.45, 2.75) is 39.0 Å². The second-order valence-electron chi connectivity index (χ2n) is 8.48. The molecular weight excluding hydrogens is 453 g/mol. The third kappa shape index (κ3) is 4.75. The van der Waals surface area contributed by atoms with Crippen molar-refractivity contribution >= 4 is 17.8 Å². The van der Waals surface area contributed by atoms with Gasteiger partial charge in [0.15, 0.2) is 0 Å². The fourth-order valence-corrected chi connectivity index (χ4v) is 4.50. The summed E-state index contributed by atoms with van der Waals surface area (Å²) in [6, 6.07) is 2.11. The Kier molecular flexibility index (Phi) is 7.54. The van der Waals surface area contributed by atoms with Crippen LogP contribution in [0.25, 0.3) is 0 Å². The van der Waals surface area contributed by atoms with Crippen LogP contribution in [0.15, 0.2) is 35.5 Å². The van der Waals surface area contributed by atoms with E-state index in [0.717, 1.165) is 6.07 Å². The maximum atomic E-state index is 13.8. The van der Waals surface area contributed by atoms with Crippen LogP contribution in [0.2, 0.25) is 0 Å². The molecule has 0 saturated carbocycles. The molecule has 2 aliphatic heterocycles. The van der Waals surface area contributed by atoms with Crippen LogP contribution >= 0.6 is 0 Å². The topological polar surface area (TPSA) is 91.0 Å². The molecule has 0 saturated heterocycles. The van der Waals surface area contributed by atoms with E-state index < -0.39 is 41.7 Å². The molecule has 1 aromatic carbocycles. The number of ether oxygens (including phenoxy) is 1. The van der Waals surface area contributed by atoms with Gasteiger partial charge in [-0.05, 0) is 24.5 Å². The lowest BCUT2D eigenvalue weighted by atomic mass is 9.91. The molecular formula is C23H29F3N4O4. The van der Waals surface area contributed by atoms with Crippen molar-refractivity contribution in [2.75, 3.05) is 33.4 Å². The zero-order chi connectivity index (χ0) is 25.2. The van der Waals surface area contributed by atoms with Gasteiger partial charge in [0.05, 0.1) is 36.0 Å². The molecule has 2 N–H and O–H groups in total. The van der Waals surface area contributed by atoms with Crippen LogP contribution < -0.4 is 10.6 Å². The number of benzene rings is 1. The standard InChI is InChI=1S/C23H29F3N4O4/c1-5-29-16-12-30(19(13(2)3)20(31)27-10-11-34-4)21(32)17(16)18(28-22(29)33)14-8-6-7-9-15(14)23(24,25)26/h6-9,13,18-19H,5,10-12H2,1-4H3,(H,27,31)(H,28,33)/t18-,19+/m1/s1. The molecule has 0 unspecified atom stereocenters. The number of likely N-dealkylation sites (N-methyl/N-ethyl adjacent to an activating group) is 1. The van der Waals surface area contributed by atoms with Crippen LogP contribution in [0, 0.1) is 5.92 Å². The van der Waals surface area contributed by atoms with E-state index in [1.54, 1.807) is 20.8 Å². The van der Waals surface area contributed by atoms with Crippen molar-refractivity contribution in [2.24, 2.45) is 5.92 Å². The van der Waals surface area contributed by atoms with Gasteiger partial charge >= 0.3 is 12.2 Å². The van der Waals surface area contributed by atoms with Gasteiger partial charge in [0, 0.05) is 20.2 Å². The Morgan fingerprint density at radius 1 is 1.26 bits per heavy atom. The van der Waals surface area contributed by atoms with E-state index in [-0.39, 0.29) is 43.3 Å². The lowest BCUT2D eigenvalue weighted by molar-refractivity contribution is -0.139. The van der Waals surface area contributed by atoms with Crippen LogP contribution in [0.3, 0.4) is 0 Å². The maximum Gasteiger partial charge on any atom is 0.416 e. The lowest BCUT2D eigenvalue weighted by Crippen LogP contribution is -2.52. The highest BCUT2D eigenvalue weighted by Crippen LogP contribution is 2.42. The SMILES string of the molecule is CCN1C(=O)N[C@H](c2ccccc2C(F)(F)F)C2=C1CN([C@H](C(=O)NCCOC)C(C)C)C2=O. The Labute approximate surface area is 196 Å². The first-order valence-corrected chi connectivity index (χ1v) is 11.1. The van der Waals surface area contributed by atoms with Crippen LogP contribution in [0.5, 0.6) is 0 Å². The molecule has 2 aliphatic rings. The number of amides is 4. The number of carbonyl (C=O) groups is 3. The molecule has 0 bridgehead atoms. The Hall–Kier alpha value is -3.08. The van der Waals surface area contributed by atoms with Gasteiger partial charge in [-0.2, -0.15) is 13.2 Å². The molecule has 34 heavy (non-hydrogen) atoms. The predicted molar refractivity (Wildman–Crippen MR) is 117 cm³/mol. The predicted octanol–water partition coefficient (Wildman–Crippen LogP) is 2.68. The number of halogens is 3. The summed E-state index contributed by atoms with van der Waals surface area (Å²) >= 11 is 0. The number of alkyl halides is 3. The molecule has 0 aliphatic carbocycles. The van der Waals surface area contributed by atoms with E-state index in [2.05, 4.69) is 10.6 Å². The Morgan fingerprint density at radius 3 is 2.53 bits per heavy atom. The van der Waals surface area contributed by atoms with Crippen molar-refractivity contribution < 1.29 is 32.3 Å². The monoisotopic (exact) mass is 482 g/mol. The van der Waals surface area contributed by atoms with Crippen LogP contribution in [-0.4, -0.2) is 67.0 Å². The largest absolute Gasteiger partial charge is 0.416 e. The van der Waals surface area contributed by atoms with Gasteiger partial charge in [0.25, 0.3) is 5.91 Å². The second kappa shape index (κ2) is 10.0. The maximum absolute atomic E-state index is 13.8. The molecule has 2 heterocycles. The fraction of sp³-hybridized carbons (Fsp3) is 0.522. The average molecular weight is 483 g/mol. The minimum atomic E-state index is -4.67. The number of carbonyl (C=O) groups excluding carboxylic acids is 3. The Bertz CT molecular complexity index is 993. The van der Waals surface area contributed by atoms with E-state index in [1.807, 2.05) is 0 Å². The van der Waals surface area contributed by atoms with Crippen molar-refractivity contribution in [3.05, 3.63) is 46.7 Å². The van der Waals surface area contributed by atoms with E-state index in [0.29, 0.717) is 5.70 Å². The van der Waals surface area contributed by atoms with Gasteiger partial charge in [-0.15, -0.1) is 0 Å². The summed E-state index contributed by atoms with van der Waals surface area (Å²) < 4.78 is 46.2. The summed E-state index contributed by atoms with van der Waals surface area (Å²) in [5, 5.41) is 5.30. The highest BCUT2D eigenvalue weighted by molar-refractivity contribution is 6.03. The van der Waals surface area contributed by atoms with Crippen LogP contribution in [-0.2, 0) is 20.5 Å². The molecule has 4 amide bonds. The summed E-state index contributed by atoms with van der Waals surface area (Å²) in [5.41, 5.74) is -0.782. The third-order valence-electron chi connectivity index (χ3n) is 5.98. The average Bonchev–Trinajstić information content (AvgIpc) is 3.09. The van der Waals surface area contributed by atoms with E-state index in [1.165, 1.54) is 35.1 Å². The molecule has 186 valence electrons. The summed E-state index contributed by atoms with van der Waals surface area (Å²) in [4.78, 5) is 42.0. The normalized spacial score (nSPS) is 19.5. The zero-order valence-corrected chi connectivity index (χ0v) is 19.5. The first kappa shape index (κ1) is 25.5. The Morgan fingerprint density at radius 2 is 1.94 bits per heavy atom. The minimum absolute atomic E-state index is 0.0495. The molecule has 0 radical (unpaired) electrons. The number of nitrogens with one attached hydrogen (secondary N) is 2. The number of nitrogens with zero attached hydrogens (tertiary/aromatic N) is 2. The number of hydrogen-bond acceptors (Lipinski definition) is 4. The van der Waals surface area contributed by atoms with Gasteiger partial charge < -0.3 is 20.3 Å². The van der Waals surface area contributed by atoms with E-state index in [9.17, 15) is 27.6 Å². The lowest BCUT2D eigenvalue weighted by Gasteiger charge is -2.33. The molecule has 8 nitrogen and oxygen atoms in total. The highest BCUT2D eigenvalue weighted by atomic mass is 19.4. The molecule has 0 fully saturated rings. The summed E-state index contributed by atoms with van der Waals surface area (Å²) in [6.07, 6.45) is -4.67. The van der Waals surface area contributed by atoms with E-state index in [4.69, 9.17) is 4.74 Å². The third-order valence-corrected chi connectivity index (χ3v) is 5.98. The molecule has 0 spiro atoms. The van der Waals surface area contributed by atoms with Gasteiger partial charge in [0.1, 0.15) is 6.04 Å². The van der Waals surface area contributed by atoms with Gasteiger partial charge in [-0.3, -0.25) is 14.5 Å². The number of rotatable bonds is 8. The van der Waals surface area contributed by atoms with Gasteiger partial charge in [-0.1, -0.05) is 32.0 Å².